The molecule has 1 atom stereocenters. The summed E-state index contributed by atoms with van der Waals surface area (Å²) in [4.78, 5) is 53.4. The fourth-order valence-corrected chi connectivity index (χ4v) is 5.43. The Morgan fingerprint density at radius 3 is 2.04 bits per heavy atom. The topological polar surface area (TPSA) is 117 Å². The number of ketones is 1. The number of hydrogen-bond donors (Lipinski definition) is 1. The number of alkyl carbamates (subject to hydrolysis) is 1. The van der Waals surface area contributed by atoms with E-state index in [2.05, 4.69) is 5.32 Å². The highest BCUT2D eigenvalue weighted by molar-refractivity contribution is 6.31. The molecule has 0 aliphatic rings. The lowest BCUT2D eigenvalue weighted by Gasteiger charge is -2.21. The second kappa shape index (κ2) is 15.6. The zero-order valence-electron chi connectivity index (χ0n) is 26.1. The highest BCUT2D eigenvalue weighted by atomic mass is 35.5. The van der Waals surface area contributed by atoms with Gasteiger partial charge in [-0.05, 0) is 60.9 Å². The van der Waals surface area contributed by atoms with Crippen LogP contribution >= 0.6 is 23.2 Å². The van der Waals surface area contributed by atoms with Crippen LogP contribution in [0.4, 0.5) is 4.79 Å². The summed E-state index contributed by atoms with van der Waals surface area (Å²) < 4.78 is 11.8. The lowest BCUT2D eigenvalue weighted by atomic mass is 9.94. The number of para-hydroxylation sites is 1. The average Bonchev–Trinajstić information content (AvgIpc) is 3.08. The molecule has 0 saturated carbocycles. The quantitative estimate of drug-likeness (QED) is 0.113. The first kappa shape index (κ1) is 34.1. The molecule has 9 nitrogen and oxygen atoms in total. The van der Waals surface area contributed by atoms with Gasteiger partial charge in [0, 0.05) is 27.6 Å². The van der Waals surface area contributed by atoms with Crippen LogP contribution in [0, 0.1) is 0 Å². The molecule has 1 aromatic heterocycles. The highest BCUT2D eigenvalue weighted by Gasteiger charge is 2.28. The fourth-order valence-electron chi connectivity index (χ4n) is 5.18. The van der Waals surface area contributed by atoms with Gasteiger partial charge in [0.2, 0.25) is 0 Å². The molecule has 0 saturated heterocycles. The van der Waals surface area contributed by atoms with E-state index in [0.717, 1.165) is 10.2 Å². The summed E-state index contributed by atoms with van der Waals surface area (Å²) in [6.07, 6.45) is -0.894. The Hall–Kier alpha value is -5.25. The van der Waals surface area contributed by atoms with Crippen molar-refractivity contribution in [2.45, 2.75) is 32.9 Å². The number of carbonyl (C=O) groups is 3. The lowest BCUT2D eigenvalue weighted by Crippen LogP contribution is -2.44. The molecule has 0 aliphatic carbocycles. The molecule has 48 heavy (non-hydrogen) atoms. The van der Waals surface area contributed by atoms with Crippen LogP contribution < -0.4 is 10.9 Å². The van der Waals surface area contributed by atoms with E-state index in [1.807, 2.05) is 30.3 Å². The van der Waals surface area contributed by atoms with Gasteiger partial charge >= 0.3 is 12.1 Å². The number of halogens is 2. The minimum absolute atomic E-state index is 0.000609. The van der Waals surface area contributed by atoms with Gasteiger partial charge in [-0.15, -0.1) is 0 Å². The van der Waals surface area contributed by atoms with Crippen molar-refractivity contribution in [1.29, 1.82) is 0 Å². The summed E-state index contributed by atoms with van der Waals surface area (Å²) in [5.41, 5.74) is 2.66. The normalized spacial score (nSPS) is 11.4. The van der Waals surface area contributed by atoms with E-state index >= 15 is 0 Å². The number of aromatic nitrogens is 2. The molecule has 1 heterocycles. The third-order valence-electron chi connectivity index (χ3n) is 7.42. The van der Waals surface area contributed by atoms with Crippen LogP contribution in [0.3, 0.4) is 0 Å². The summed E-state index contributed by atoms with van der Waals surface area (Å²) in [5.74, 6) is -1.16. The first-order valence-corrected chi connectivity index (χ1v) is 15.8. The summed E-state index contributed by atoms with van der Waals surface area (Å²) in [6, 6.07) is 28.4. The zero-order valence-corrected chi connectivity index (χ0v) is 27.6. The Morgan fingerprint density at radius 2 is 1.42 bits per heavy atom. The van der Waals surface area contributed by atoms with E-state index in [9.17, 15) is 19.2 Å². The van der Waals surface area contributed by atoms with Crippen molar-refractivity contribution in [2.24, 2.45) is 0 Å². The van der Waals surface area contributed by atoms with Gasteiger partial charge in [0.15, 0.2) is 5.78 Å². The predicted molar refractivity (Wildman–Crippen MR) is 185 cm³/mol. The van der Waals surface area contributed by atoms with E-state index in [-0.39, 0.29) is 25.2 Å². The number of nitrogens with zero attached hydrogens (tertiary/aromatic N) is 2. The summed E-state index contributed by atoms with van der Waals surface area (Å²) in [5, 5.41) is 8.39. The standard InChI is InChI=1S/C37H31Cl2N3O6/c1-3-47-36(45)30(40-37(46)48-22-24-9-5-4-6-10-24)21-27-11-7-8-12-31(27)42-35(44)32(23(2)43)33(25-13-17-28(38)18-14-25)34(41-42)26-15-19-29(39)20-16-26/h4-20,30H,3,21-22H2,1-2H3,(H,40,46)/t30-/m0/s1. The molecule has 0 unspecified atom stereocenters. The maximum Gasteiger partial charge on any atom is 0.408 e. The summed E-state index contributed by atoms with van der Waals surface area (Å²) in [7, 11) is 0. The van der Waals surface area contributed by atoms with Crippen molar-refractivity contribution in [3.05, 3.63) is 140 Å². The first-order valence-electron chi connectivity index (χ1n) is 15.1. The van der Waals surface area contributed by atoms with Gasteiger partial charge in [0.1, 0.15) is 18.3 Å². The van der Waals surface area contributed by atoms with Gasteiger partial charge in [0.25, 0.3) is 5.56 Å². The molecule has 0 aliphatic heterocycles. The van der Waals surface area contributed by atoms with E-state index in [4.69, 9.17) is 37.8 Å². The van der Waals surface area contributed by atoms with Crippen molar-refractivity contribution < 1.29 is 23.9 Å². The Morgan fingerprint density at radius 1 is 0.812 bits per heavy atom. The van der Waals surface area contributed by atoms with Crippen LogP contribution in [-0.2, 0) is 27.3 Å². The van der Waals surface area contributed by atoms with Gasteiger partial charge in [0.05, 0.1) is 17.9 Å². The zero-order chi connectivity index (χ0) is 34.2. The first-order chi connectivity index (χ1) is 23.2. The smallest absolute Gasteiger partial charge is 0.408 e. The number of rotatable bonds is 11. The Labute approximate surface area is 287 Å². The molecule has 1 N–H and O–H groups in total. The molecule has 0 fully saturated rings. The monoisotopic (exact) mass is 683 g/mol. The van der Waals surface area contributed by atoms with Crippen LogP contribution in [0.1, 0.15) is 35.3 Å². The number of carbonyl (C=O) groups excluding carboxylic acids is 3. The van der Waals surface area contributed by atoms with Gasteiger partial charge in [-0.1, -0.05) is 96.0 Å². The summed E-state index contributed by atoms with van der Waals surface area (Å²) >= 11 is 12.4. The maximum atomic E-state index is 14.2. The van der Waals surface area contributed by atoms with Gasteiger partial charge in [-0.3, -0.25) is 9.59 Å². The molecule has 1 amide bonds. The molecule has 0 radical (unpaired) electrons. The van der Waals surface area contributed by atoms with Gasteiger partial charge in [-0.2, -0.15) is 9.78 Å². The fraction of sp³-hybridized carbons (Fsp3) is 0.162. The Balaban J connectivity index is 1.60. The van der Waals surface area contributed by atoms with Crippen molar-refractivity contribution in [3.63, 3.8) is 0 Å². The van der Waals surface area contributed by atoms with Crippen molar-refractivity contribution >= 4 is 41.0 Å². The van der Waals surface area contributed by atoms with Crippen LogP contribution in [0.2, 0.25) is 10.0 Å². The van der Waals surface area contributed by atoms with Crippen molar-refractivity contribution in [2.75, 3.05) is 6.61 Å². The lowest BCUT2D eigenvalue weighted by molar-refractivity contribution is -0.145. The molecule has 5 rings (SSSR count). The number of hydrogen-bond acceptors (Lipinski definition) is 7. The van der Waals surface area contributed by atoms with E-state index in [1.54, 1.807) is 79.7 Å². The minimum atomic E-state index is -1.17. The summed E-state index contributed by atoms with van der Waals surface area (Å²) in [6.45, 7) is 3.06. The van der Waals surface area contributed by atoms with Crippen LogP contribution in [0.5, 0.6) is 0 Å². The predicted octanol–water partition coefficient (Wildman–Crippen LogP) is 7.48. The average molecular weight is 685 g/mol. The second-order valence-electron chi connectivity index (χ2n) is 10.7. The van der Waals surface area contributed by atoms with Crippen molar-refractivity contribution in [1.82, 2.24) is 15.1 Å². The number of benzene rings is 4. The third kappa shape index (κ3) is 7.99. The van der Waals surface area contributed by atoms with E-state index < -0.39 is 29.4 Å². The van der Waals surface area contributed by atoms with Crippen LogP contribution in [-0.4, -0.2) is 40.3 Å². The van der Waals surface area contributed by atoms with Crippen molar-refractivity contribution in [3.8, 4) is 28.1 Å². The van der Waals surface area contributed by atoms with Gasteiger partial charge < -0.3 is 14.8 Å². The van der Waals surface area contributed by atoms with Crippen LogP contribution in [0.25, 0.3) is 28.1 Å². The minimum Gasteiger partial charge on any atom is -0.464 e. The van der Waals surface area contributed by atoms with E-state index in [1.165, 1.54) is 6.92 Å². The SMILES string of the molecule is CCOC(=O)[C@H](Cc1ccccc1-n1nc(-c2ccc(Cl)cc2)c(-c2ccc(Cl)cc2)c(C(C)=O)c1=O)NC(=O)OCc1ccccc1. The number of ether oxygens (including phenoxy) is 2. The maximum absolute atomic E-state index is 14.2. The number of Topliss-reactive ketones (excluding diaryl/α,β-unsaturated/α-hetero) is 1. The molecule has 244 valence electrons. The number of nitrogens with one attached hydrogen (secondary N) is 1. The molecule has 11 heteroatoms. The molecule has 5 aromatic rings. The molecular formula is C37H31Cl2N3O6. The Kier molecular flexibility index (Phi) is 11.1. The van der Waals surface area contributed by atoms with E-state index in [0.29, 0.717) is 43.7 Å². The largest absolute Gasteiger partial charge is 0.464 e. The number of amides is 1. The van der Waals surface area contributed by atoms with Crippen LogP contribution in [0.15, 0.2) is 108 Å². The molecule has 4 aromatic carbocycles. The highest BCUT2D eigenvalue weighted by Crippen LogP contribution is 2.34. The molecule has 0 spiro atoms. The molecular weight excluding hydrogens is 653 g/mol. The Bertz CT molecular complexity index is 2000. The number of esters is 1. The molecule has 0 bridgehead atoms. The third-order valence-corrected chi connectivity index (χ3v) is 7.92. The van der Waals surface area contributed by atoms with Gasteiger partial charge in [-0.25, -0.2) is 9.59 Å². The second-order valence-corrected chi connectivity index (χ2v) is 11.6.